The minimum Gasteiger partial charge on any atom is -0.493 e. The van der Waals surface area contributed by atoms with Crippen LogP contribution in [0.5, 0.6) is 11.5 Å². The summed E-state index contributed by atoms with van der Waals surface area (Å²) in [6.45, 7) is 8.90. The second-order valence-corrected chi connectivity index (χ2v) is 6.45. The standard InChI is InChI=1S/C21H28N2O2/c1-4-25-20-15-18(8-9-19(20)24-3)21(23-12-10-22-11-13-23)17-7-5-6-16(2)14-17/h5-9,14-15,21-22H,4,10-13H2,1-3H3. The van der Waals surface area contributed by atoms with Gasteiger partial charge in [0.15, 0.2) is 11.5 Å². The highest BCUT2D eigenvalue weighted by Crippen LogP contribution is 2.35. The minimum atomic E-state index is 0.229. The van der Waals surface area contributed by atoms with Crippen molar-refractivity contribution in [3.8, 4) is 11.5 Å². The highest BCUT2D eigenvalue weighted by atomic mass is 16.5. The summed E-state index contributed by atoms with van der Waals surface area (Å²) in [6, 6.07) is 15.4. The molecule has 1 heterocycles. The van der Waals surface area contributed by atoms with Crippen molar-refractivity contribution in [2.45, 2.75) is 19.9 Å². The molecule has 25 heavy (non-hydrogen) atoms. The number of piperazine rings is 1. The molecule has 4 nitrogen and oxygen atoms in total. The van der Waals surface area contributed by atoms with Gasteiger partial charge >= 0.3 is 0 Å². The van der Waals surface area contributed by atoms with Gasteiger partial charge in [0.1, 0.15) is 0 Å². The summed E-state index contributed by atoms with van der Waals surface area (Å²) >= 11 is 0. The van der Waals surface area contributed by atoms with Crippen molar-refractivity contribution in [3.63, 3.8) is 0 Å². The number of nitrogens with one attached hydrogen (secondary N) is 1. The van der Waals surface area contributed by atoms with E-state index < -0.39 is 0 Å². The Bertz CT molecular complexity index is 696. The van der Waals surface area contributed by atoms with Crippen molar-refractivity contribution in [1.82, 2.24) is 10.2 Å². The molecular weight excluding hydrogens is 312 g/mol. The van der Waals surface area contributed by atoms with Gasteiger partial charge in [-0.15, -0.1) is 0 Å². The van der Waals surface area contributed by atoms with Gasteiger partial charge in [0.25, 0.3) is 0 Å². The molecule has 4 heteroatoms. The molecule has 0 radical (unpaired) electrons. The van der Waals surface area contributed by atoms with E-state index in [9.17, 15) is 0 Å². The molecule has 0 spiro atoms. The van der Waals surface area contributed by atoms with Crippen LogP contribution in [0.4, 0.5) is 0 Å². The minimum absolute atomic E-state index is 0.229. The Balaban J connectivity index is 2.03. The molecule has 1 fully saturated rings. The van der Waals surface area contributed by atoms with Gasteiger partial charge in [-0.1, -0.05) is 35.9 Å². The van der Waals surface area contributed by atoms with Crippen LogP contribution in [0.25, 0.3) is 0 Å². The Morgan fingerprint density at radius 2 is 1.80 bits per heavy atom. The average Bonchev–Trinajstić information content (AvgIpc) is 2.63. The summed E-state index contributed by atoms with van der Waals surface area (Å²) in [7, 11) is 1.69. The van der Waals surface area contributed by atoms with E-state index in [0.29, 0.717) is 6.61 Å². The van der Waals surface area contributed by atoms with Crippen molar-refractivity contribution in [3.05, 3.63) is 59.2 Å². The Kier molecular flexibility index (Phi) is 5.95. The summed E-state index contributed by atoms with van der Waals surface area (Å²) in [5.74, 6) is 1.60. The lowest BCUT2D eigenvalue weighted by Crippen LogP contribution is -2.45. The predicted molar refractivity (Wildman–Crippen MR) is 102 cm³/mol. The average molecular weight is 340 g/mol. The van der Waals surface area contributed by atoms with E-state index in [-0.39, 0.29) is 6.04 Å². The van der Waals surface area contributed by atoms with Crippen LogP contribution < -0.4 is 14.8 Å². The number of nitrogens with zero attached hydrogens (tertiary/aromatic N) is 1. The van der Waals surface area contributed by atoms with E-state index in [2.05, 4.69) is 53.5 Å². The molecule has 134 valence electrons. The summed E-state index contributed by atoms with van der Waals surface area (Å²) < 4.78 is 11.3. The van der Waals surface area contributed by atoms with Gasteiger partial charge in [-0.2, -0.15) is 0 Å². The van der Waals surface area contributed by atoms with Gasteiger partial charge in [-0.05, 0) is 37.1 Å². The summed E-state index contributed by atoms with van der Waals surface area (Å²) in [5, 5.41) is 3.45. The zero-order valence-electron chi connectivity index (χ0n) is 15.4. The number of hydrogen-bond acceptors (Lipinski definition) is 4. The second-order valence-electron chi connectivity index (χ2n) is 6.45. The maximum absolute atomic E-state index is 5.81. The molecule has 0 aromatic heterocycles. The van der Waals surface area contributed by atoms with Crippen molar-refractivity contribution < 1.29 is 9.47 Å². The molecule has 0 bridgehead atoms. The molecule has 1 atom stereocenters. The predicted octanol–water partition coefficient (Wildman–Crippen LogP) is 3.40. The largest absolute Gasteiger partial charge is 0.493 e. The highest BCUT2D eigenvalue weighted by Gasteiger charge is 2.25. The number of aryl methyl sites for hydroxylation is 1. The molecule has 2 aromatic rings. The number of methoxy groups -OCH3 is 1. The van der Waals surface area contributed by atoms with E-state index in [1.807, 2.05) is 13.0 Å². The van der Waals surface area contributed by atoms with Crippen LogP contribution in [0, 0.1) is 6.92 Å². The lowest BCUT2D eigenvalue weighted by atomic mass is 9.95. The summed E-state index contributed by atoms with van der Waals surface area (Å²) in [4.78, 5) is 2.54. The van der Waals surface area contributed by atoms with Crippen molar-refractivity contribution >= 4 is 0 Å². The number of ether oxygens (including phenoxy) is 2. The van der Waals surface area contributed by atoms with E-state index in [1.165, 1.54) is 16.7 Å². The van der Waals surface area contributed by atoms with Crippen LogP contribution in [0.3, 0.4) is 0 Å². The normalized spacial score (nSPS) is 16.4. The molecule has 1 saturated heterocycles. The molecule has 1 unspecified atom stereocenters. The molecule has 1 aliphatic rings. The van der Waals surface area contributed by atoms with Gasteiger partial charge < -0.3 is 14.8 Å². The van der Waals surface area contributed by atoms with Crippen LogP contribution >= 0.6 is 0 Å². The lowest BCUT2D eigenvalue weighted by Gasteiger charge is -2.36. The van der Waals surface area contributed by atoms with Gasteiger partial charge in [-0.25, -0.2) is 0 Å². The van der Waals surface area contributed by atoms with Crippen molar-refractivity contribution in [2.24, 2.45) is 0 Å². The smallest absolute Gasteiger partial charge is 0.161 e. The third kappa shape index (κ3) is 4.14. The van der Waals surface area contributed by atoms with Gasteiger partial charge in [0.2, 0.25) is 0 Å². The summed E-state index contributed by atoms with van der Waals surface area (Å²) in [6.07, 6.45) is 0. The molecule has 0 amide bonds. The Labute approximate surface area is 150 Å². The highest BCUT2D eigenvalue weighted by molar-refractivity contribution is 5.46. The van der Waals surface area contributed by atoms with Gasteiger partial charge in [0, 0.05) is 26.2 Å². The first-order chi connectivity index (χ1) is 12.2. The second kappa shape index (κ2) is 8.37. The maximum atomic E-state index is 5.81. The van der Waals surface area contributed by atoms with Crippen molar-refractivity contribution in [2.75, 3.05) is 39.9 Å². The first-order valence-corrected chi connectivity index (χ1v) is 9.05. The third-order valence-corrected chi connectivity index (χ3v) is 4.68. The van der Waals surface area contributed by atoms with Crippen LogP contribution in [0.1, 0.15) is 29.7 Å². The fraction of sp³-hybridized carbons (Fsp3) is 0.429. The van der Waals surface area contributed by atoms with Gasteiger partial charge in [-0.3, -0.25) is 4.90 Å². The fourth-order valence-electron chi connectivity index (χ4n) is 3.53. The zero-order chi connectivity index (χ0) is 17.6. The maximum Gasteiger partial charge on any atom is 0.161 e. The lowest BCUT2D eigenvalue weighted by molar-refractivity contribution is 0.198. The number of benzene rings is 2. The SMILES string of the molecule is CCOc1cc(C(c2cccc(C)c2)N2CCNCC2)ccc1OC. The molecule has 1 N–H and O–H groups in total. The van der Waals surface area contributed by atoms with E-state index in [0.717, 1.165) is 37.7 Å². The third-order valence-electron chi connectivity index (χ3n) is 4.68. The first-order valence-electron chi connectivity index (χ1n) is 9.05. The number of hydrogen-bond donors (Lipinski definition) is 1. The van der Waals surface area contributed by atoms with Gasteiger partial charge in [0.05, 0.1) is 19.8 Å². The topological polar surface area (TPSA) is 33.7 Å². The summed E-state index contributed by atoms with van der Waals surface area (Å²) in [5.41, 5.74) is 3.86. The molecule has 3 rings (SSSR count). The van der Waals surface area contributed by atoms with E-state index in [4.69, 9.17) is 9.47 Å². The van der Waals surface area contributed by atoms with Crippen molar-refractivity contribution in [1.29, 1.82) is 0 Å². The Hall–Kier alpha value is -2.04. The first kappa shape index (κ1) is 17.8. The quantitative estimate of drug-likeness (QED) is 0.874. The van der Waals surface area contributed by atoms with Crippen LogP contribution in [0.2, 0.25) is 0 Å². The van der Waals surface area contributed by atoms with E-state index >= 15 is 0 Å². The van der Waals surface area contributed by atoms with Crippen LogP contribution in [0.15, 0.2) is 42.5 Å². The molecular formula is C21H28N2O2. The van der Waals surface area contributed by atoms with Crippen LogP contribution in [-0.4, -0.2) is 44.8 Å². The zero-order valence-corrected chi connectivity index (χ0v) is 15.4. The fourth-order valence-corrected chi connectivity index (χ4v) is 3.53. The Morgan fingerprint density at radius 1 is 1.04 bits per heavy atom. The van der Waals surface area contributed by atoms with Crippen LogP contribution in [-0.2, 0) is 0 Å². The molecule has 0 aliphatic carbocycles. The number of rotatable bonds is 6. The van der Waals surface area contributed by atoms with E-state index in [1.54, 1.807) is 7.11 Å². The molecule has 1 aliphatic heterocycles. The molecule has 2 aromatic carbocycles. The molecule has 0 saturated carbocycles. The monoisotopic (exact) mass is 340 g/mol. The Morgan fingerprint density at radius 3 is 2.48 bits per heavy atom.